The Labute approximate surface area is 185 Å². The summed E-state index contributed by atoms with van der Waals surface area (Å²) >= 11 is 1.41. The van der Waals surface area contributed by atoms with E-state index < -0.39 is 10.0 Å². The van der Waals surface area contributed by atoms with E-state index >= 15 is 0 Å². The van der Waals surface area contributed by atoms with Gasteiger partial charge in [0.15, 0.2) is 0 Å². The number of hydrogen-bond donors (Lipinski definition) is 1. The maximum atomic E-state index is 12.8. The molecule has 1 aromatic heterocycles. The molecule has 0 bridgehead atoms. The fourth-order valence-corrected chi connectivity index (χ4v) is 5.48. The number of carbonyl (C=O) groups excluding carboxylic acids is 2. The summed E-state index contributed by atoms with van der Waals surface area (Å²) in [5.74, 6) is -0.174. The van der Waals surface area contributed by atoms with Gasteiger partial charge in [0.05, 0.1) is 15.9 Å². The van der Waals surface area contributed by atoms with Gasteiger partial charge in [-0.3, -0.25) is 9.59 Å². The zero-order valence-corrected chi connectivity index (χ0v) is 18.7. The highest BCUT2D eigenvalue weighted by atomic mass is 32.2. The highest BCUT2D eigenvalue weighted by Gasteiger charge is 2.26. The zero-order valence-electron chi connectivity index (χ0n) is 17.0. The summed E-state index contributed by atoms with van der Waals surface area (Å²) in [7, 11) is -3.65. The molecular formula is C21H25N3O5S2. The first-order chi connectivity index (χ1) is 14.9. The monoisotopic (exact) mass is 463 g/mol. The number of amides is 2. The van der Waals surface area contributed by atoms with E-state index in [0.717, 1.165) is 12.8 Å². The van der Waals surface area contributed by atoms with E-state index in [4.69, 9.17) is 4.74 Å². The Balaban J connectivity index is 1.32. The van der Waals surface area contributed by atoms with Crippen LogP contribution in [-0.2, 0) is 14.8 Å². The molecule has 1 atom stereocenters. The highest BCUT2D eigenvalue weighted by Crippen LogP contribution is 2.17. The molecule has 2 amide bonds. The fraction of sp³-hybridized carbons (Fsp3) is 0.429. The number of nitrogens with one attached hydrogen (secondary N) is 1. The van der Waals surface area contributed by atoms with Crippen molar-refractivity contribution < 1.29 is 22.7 Å². The van der Waals surface area contributed by atoms with Gasteiger partial charge in [-0.15, -0.1) is 11.3 Å². The van der Waals surface area contributed by atoms with Gasteiger partial charge >= 0.3 is 0 Å². The summed E-state index contributed by atoms with van der Waals surface area (Å²) in [6.07, 6.45) is 1.71. The molecule has 166 valence electrons. The van der Waals surface area contributed by atoms with Crippen LogP contribution < -0.4 is 4.72 Å². The van der Waals surface area contributed by atoms with Crippen molar-refractivity contribution in [3.63, 3.8) is 0 Å². The normalized spacial score (nSPS) is 19.5. The molecule has 0 aliphatic carbocycles. The lowest BCUT2D eigenvalue weighted by molar-refractivity contribution is 0.0538. The molecule has 8 nitrogen and oxygen atoms in total. The van der Waals surface area contributed by atoms with Crippen molar-refractivity contribution in [2.45, 2.75) is 23.8 Å². The van der Waals surface area contributed by atoms with E-state index in [2.05, 4.69) is 4.72 Å². The predicted molar refractivity (Wildman–Crippen MR) is 117 cm³/mol. The second kappa shape index (κ2) is 9.47. The van der Waals surface area contributed by atoms with Crippen LogP contribution in [-0.4, -0.2) is 75.5 Å². The summed E-state index contributed by atoms with van der Waals surface area (Å²) < 4.78 is 33.0. The molecule has 4 rings (SSSR count). The van der Waals surface area contributed by atoms with Crippen LogP contribution in [0.15, 0.2) is 46.7 Å². The molecule has 2 fully saturated rings. The number of sulfonamides is 1. The number of nitrogens with zero attached hydrogens (tertiary/aromatic N) is 2. The third-order valence-corrected chi connectivity index (χ3v) is 7.82. The van der Waals surface area contributed by atoms with Gasteiger partial charge < -0.3 is 14.5 Å². The topological polar surface area (TPSA) is 96.0 Å². The summed E-state index contributed by atoms with van der Waals surface area (Å²) in [5.41, 5.74) is 0.427. The van der Waals surface area contributed by atoms with Crippen LogP contribution in [0.5, 0.6) is 0 Å². The van der Waals surface area contributed by atoms with Gasteiger partial charge in [-0.25, -0.2) is 13.1 Å². The minimum atomic E-state index is -3.65. The first kappa shape index (κ1) is 21.9. The lowest BCUT2D eigenvalue weighted by Crippen LogP contribution is -2.50. The third kappa shape index (κ3) is 5.15. The molecule has 0 spiro atoms. The van der Waals surface area contributed by atoms with Gasteiger partial charge in [0.1, 0.15) is 0 Å². The zero-order chi connectivity index (χ0) is 21.8. The maximum absolute atomic E-state index is 12.8. The summed E-state index contributed by atoms with van der Waals surface area (Å²) in [6, 6.07) is 9.61. The van der Waals surface area contributed by atoms with Crippen molar-refractivity contribution in [3.8, 4) is 0 Å². The number of rotatable bonds is 6. The molecule has 2 aromatic rings. The van der Waals surface area contributed by atoms with E-state index in [1.807, 2.05) is 11.4 Å². The third-order valence-electron chi connectivity index (χ3n) is 5.52. The highest BCUT2D eigenvalue weighted by molar-refractivity contribution is 7.89. The quantitative estimate of drug-likeness (QED) is 0.705. The largest absolute Gasteiger partial charge is 0.377 e. The van der Waals surface area contributed by atoms with Crippen molar-refractivity contribution in [1.82, 2.24) is 14.5 Å². The average molecular weight is 464 g/mol. The van der Waals surface area contributed by atoms with Gasteiger partial charge in [0.25, 0.3) is 11.8 Å². The molecule has 2 aliphatic rings. The lowest BCUT2D eigenvalue weighted by atomic mass is 10.2. The molecule has 2 saturated heterocycles. The van der Waals surface area contributed by atoms with Crippen LogP contribution in [0.1, 0.15) is 32.9 Å². The Morgan fingerprint density at radius 1 is 1.03 bits per heavy atom. The Morgan fingerprint density at radius 2 is 1.71 bits per heavy atom. The van der Waals surface area contributed by atoms with E-state index in [1.165, 1.54) is 35.6 Å². The van der Waals surface area contributed by atoms with Crippen LogP contribution in [0.2, 0.25) is 0 Å². The van der Waals surface area contributed by atoms with Gasteiger partial charge in [0.2, 0.25) is 10.0 Å². The Kier molecular flexibility index (Phi) is 6.71. The smallest absolute Gasteiger partial charge is 0.264 e. The summed E-state index contributed by atoms with van der Waals surface area (Å²) in [4.78, 5) is 29.5. The minimum absolute atomic E-state index is 0.00726. The van der Waals surface area contributed by atoms with Crippen LogP contribution in [0, 0.1) is 0 Å². The number of hydrogen-bond acceptors (Lipinski definition) is 6. The van der Waals surface area contributed by atoms with E-state index in [0.29, 0.717) is 43.2 Å². The van der Waals surface area contributed by atoms with E-state index in [1.54, 1.807) is 15.9 Å². The Morgan fingerprint density at radius 3 is 2.29 bits per heavy atom. The standard InChI is InChI=1S/C21H25N3O5S2/c25-20(23-9-11-24(12-10-23)21(26)19-4-2-14-30-19)16-5-7-18(8-6-16)31(27,28)22-15-17-3-1-13-29-17/h2,4-8,14,17,22H,1,3,9-13,15H2. The average Bonchev–Trinajstić information content (AvgIpc) is 3.51. The van der Waals surface area contributed by atoms with Crippen molar-refractivity contribution in [1.29, 1.82) is 0 Å². The van der Waals surface area contributed by atoms with Crippen LogP contribution in [0.3, 0.4) is 0 Å². The van der Waals surface area contributed by atoms with Crippen LogP contribution in [0.25, 0.3) is 0 Å². The maximum Gasteiger partial charge on any atom is 0.264 e. The summed E-state index contributed by atoms with van der Waals surface area (Å²) in [5, 5.41) is 1.87. The van der Waals surface area contributed by atoms with Gasteiger partial charge in [-0.05, 0) is 48.6 Å². The number of thiophene rings is 1. The van der Waals surface area contributed by atoms with E-state index in [-0.39, 0.29) is 29.4 Å². The van der Waals surface area contributed by atoms with Crippen molar-refractivity contribution in [3.05, 3.63) is 52.2 Å². The predicted octanol–water partition coefficient (Wildman–Crippen LogP) is 1.80. The number of carbonyl (C=O) groups is 2. The second-order valence-corrected chi connectivity index (χ2v) is 10.3. The fourth-order valence-electron chi connectivity index (χ4n) is 3.72. The SMILES string of the molecule is O=C(c1ccc(S(=O)(=O)NCC2CCCO2)cc1)N1CCN(C(=O)c2cccs2)CC1. The molecule has 1 unspecified atom stereocenters. The van der Waals surface area contributed by atoms with Crippen molar-refractivity contribution in [2.24, 2.45) is 0 Å². The first-order valence-corrected chi connectivity index (χ1v) is 12.6. The molecule has 1 aromatic carbocycles. The number of benzene rings is 1. The van der Waals surface area contributed by atoms with E-state index in [9.17, 15) is 18.0 Å². The molecule has 10 heteroatoms. The van der Waals surface area contributed by atoms with Gasteiger partial charge in [0, 0.05) is 44.9 Å². The van der Waals surface area contributed by atoms with Crippen molar-refractivity contribution in [2.75, 3.05) is 39.3 Å². The molecule has 31 heavy (non-hydrogen) atoms. The summed E-state index contributed by atoms with van der Waals surface area (Å²) in [6.45, 7) is 2.75. The van der Waals surface area contributed by atoms with Crippen LogP contribution in [0.4, 0.5) is 0 Å². The minimum Gasteiger partial charge on any atom is -0.377 e. The molecular weight excluding hydrogens is 438 g/mol. The molecule has 0 radical (unpaired) electrons. The van der Waals surface area contributed by atoms with Gasteiger partial charge in [-0.1, -0.05) is 6.07 Å². The molecule has 1 N–H and O–H groups in total. The van der Waals surface area contributed by atoms with Crippen molar-refractivity contribution >= 4 is 33.2 Å². The number of piperazine rings is 1. The second-order valence-electron chi connectivity index (χ2n) is 7.57. The molecule has 0 saturated carbocycles. The first-order valence-electron chi connectivity index (χ1n) is 10.3. The number of ether oxygens (including phenoxy) is 1. The molecule has 2 aliphatic heterocycles. The Hall–Kier alpha value is -2.27. The Bertz CT molecular complexity index is 1010. The van der Waals surface area contributed by atoms with Gasteiger partial charge in [-0.2, -0.15) is 0 Å². The lowest BCUT2D eigenvalue weighted by Gasteiger charge is -2.34. The molecule has 3 heterocycles. The van der Waals surface area contributed by atoms with Crippen LogP contribution >= 0.6 is 11.3 Å².